The fourth-order valence-corrected chi connectivity index (χ4v) is 6.38. The average Bonchev–Trinajstić information content (AvgIpc) is 3.74. The van der Waals surface area contributed by atoms with Crippen molar-refractivity contribution < 1.29 is 14.3 Å². The molecule has 7 rings (SSSR count). The molecular formula is C36H35N7O3. The van der Waals surface area contributed by atoms with Crippen LogP contribution in [0.3, 0.4) is 0 Å². The number of H-pyrrole nitrogens is 1. The summed E-state index contributed by atoms with van der Waals surface area (Å²) < 4.78 is 4.76. The van der Waals surface area contributed by atoms with Gasteiger partial charge in [0.25, 0.3) is 0 Å². The minimum absolute atomic E-state index is 0.0923. The third kappa shape index (κ3) is 5.47. The molecule has 0 saturated carbocycles. The van der Waals surface area contributed by atoms with E-state index in [1.807, 2.05) is 61.2 Å². The lowest BCUT2D eigenvalue weighted by molar-refractivity contribution is -0.135. The second kappa shape index (κ2) is 12.1. The zero-order chi connectivity index (χ0) is 31.8. The van der Waals surface area contributed by atoms with Gasteiger partial charge >= 0.3 is 6.09 Å². The standard InChI is InChI=1S/C36H35N7O3/c1-21(2)32(42-36(45)46-3)35(44)43-17-7-10-30(43)33-40-27-15-12-23(19-29(27)41-33)22-11-14-26-24(18-22)13-16-28-31(26)34(38-20-37-28)39-25-8-5-4-6-9-25/h4-6,8-9,11-16,18-21,30,32H,7,10,17H2,1-3H3,(H,40,41)(H,42,45)(H,37,38,39). The van der Waals surface area contributed by atoms with Crippen LogP contribution in [0.1, 0.15) is 38.6 Å². The summed E-state index contributed by atoms with van der Waals surface area (Å²) in [6, 6.07) is 25.9. The van der Waals surface area contributed by atoms with Gasteiger partial charge in [0.05, 0.1) is 35.1 Å². The Balaban J connectivity index is 1.19. The van der Waals surface area contributed by atoms with Gasteiger partial charge in [-0.3, -0.25) is 4.79 Å². The van der Waals surface area contributed by atoms with Gasteiger partial charge in [-0.05, 0) is 77.1 Å². The van der Waals surface area contributed by atoms with Crippen LogP contribution >= 0.6 is 0 Å². The number of nitrogens with one attached hydrogen (secondary N) is 3. The van der Waals surface area contributed by atoms with E-state index in [1.54, 1.807) is 6.33 Å². The maximum absolute atomic E-state index is 13.6. The first-order chi connectivity index (χ1) is 22.4. The van der Waals surface area contributed by atoms with Gasteiger partial charge in [-0.25, -0.2) is 19.7 Å². The number of aromatic nitrogens is 4. The molecule has 6 aromatic rings. The van der Waals surface area contributed by atoms with E-state index < -0.39 is 12.1 Å². The van der Waals surface area contributed by atoms with Crippen molar-refractivity contribution in [2.24, 2.45) is 5.92 Å². The number of imidazole rings is 1. The molecule has 10 nitrogen and oxygen atoms in total. The molecule has 232 valence electrons. The van der Waals surface area contributed by atoms with Gasteiger partial charge in [0.15, 0.2) is 0 Å². The molecule has 46 heavy (non-hydrogen) atoms. The molecule has 1 aliphatic rings. The molecule has 2 aromatic heterocycles. The summed E-state index contributed by atoms with van der Waals surface area (Å²) in [6.07, 6.45) is 2.63. The molecule has 0 bridgehead atoms. The topological polar surface area (TPSA) is 125 Å². The van der Waals surface area contributed by atoms with Crippen molar-refractivity contribution >= 4 is 56.2 Å². The number of methoxy groups -OCH3 is 1. The highest BCUT2D eigenvalue weighted by molar-refractivity contribution is 6.12. The van der Waals surface area contributed by atoms with Crippen molar-refractivity contribution in [2.75, 3.05) is 19.0 Å². The zero-order valence-corrected chi connectivity index (χ0v) is 25.9. The first-order valence-electron chi connectivity index (χ1n) is 15.5. The fourth-order valence-electron chi connectivity index (χ4n) is 6.38. The highest BCUT2D eigenvalue weighted by Crippen LogP contribution is 2.36. The van der Waals surface area contributed by atoms with E-state index in [9.17, 15) is 9.59 Å². The number of hydrogen-bond donors (Lipinski definition) is 3. The molecule has 0 radical (unpaired) electrons. The van der Waals surface area contributed by atoms with Crippen LogP contribution in [0.2, 0.25) is 0 Å². The average molecular weight is 614 g/mol. The lowest BCUT2D eigenvalue weighted by Gasteiger charge is -2.29. The zero-order valence-electron chi connectivity index (χ0n) is 25.9. The highest BCUT2D eigenvalue weighted by Gasteiger charge is 2.37. The van der Waals surface area contributed by atoms with Gasteiger partial charge in [-0.2, -0.15) is 0 Å². The number of likely N-dealkylation sites (tertiary alicyclic amines) is 1. The number of aromatic amines is 1. The molecule has 1 fully saturated rings. The van der Waals surface area contributed by atoms with E-state index in [-0.39, 0.29) is 17.9 Å². The number of benzene rings is 4. The predicted octanol–water partition coefficient (Wildman–Crippen LogP) is 7.11. The molecule has 2 amide bonds. The van der Waals surface area contributed by atoms with Crippen molar-refractivity contribution in [1.29, 1.82) is 0 Å². The van der Waals surface area contributed by atoms with Crippen LogP contribution < -0.4 is 10.6 Å². The Morgan fingerprint density at radius 2 is 1.74 bits per heavy atom. The van der Waals surface area contributed by atoms with Crippen molar-refractivity contribution in [1.82, 2.24) is 30.2 Å². The van der Waals surface area contributed by atoms with E-state index in [4.69, 9.17) is 9.72 Å². The van der Waals surface area contributed by atoms with E-state index in [2.05, 4.69) is 62.0 Å². The monoisotopic (exact) mass is 613 g/mol. The van der Waals surface area contributed by atoms with Crippen LogP contribution in [-0.4, -0.2) is 56.5 Å². The summed E-state index contributed by atoms with van der Waals surface area (Å²) in [6.45, 7) is 4.43. The number of nitrogens with zero attached hydrogens (tertiary/aromatic N) is 4. The third-order valence-electron chi connectivity index (χ3n) is 8.73. The normalized spacial score (nSPS) is 15.5. The molecule has 0 aliphatic carbocycles. The van der Waals surface area contributed by atoms with Gasteiger partial charge in [-0.1, -0.05) is 56.3 Å². The molecule has 4 aromatic carbocycles. The van der Waals surface area contributed by atoms with Crippen LogP contribution in [0.5, 0.6) is 0 Å². The molecule has 3 heterocycles. The Hall–Kier alpha value is -5.51. The number of carbonyl (C=O) groups is 2. The number of carbonyl (C=O) groups excluding carboxylic acids is 2. The minimum Gasteiger partial charge on any atom is -0.453 e. The van der Waals surface area contributed by atoms with E-state index >= 15 is 0 Å². The maximum Gasteiger partial charge on any atom is 0.407 e. The van der Waals surface area contributed by atoms with Crippen LogP contribution in [0.25, 0.3) is 43.8 Å². The van der Waals surface area contributed by atoms with Gasteiger partial charge < -0.3 is 25.3 Å². The summed E-state index contributed by atoms with van der Waals surface area (Å²) in [5.41, 5.74) is 5.71. The van der Waals surface area contributed by atoms with Gasteiger partial charge in [-0.15, -0.1) is 0 Å². The lowest BCUT2D eigenvalue weighted by atomic mass is 9.98. The Morgan fingerprint density at radius 3 is 2.54 bits per heavy atom. The smallest absolute Gasteiger partial charge is 0.407 e. The summed E-state index contributed by atoms with van der Waals surface area (Å²) >= 11 is 0. The Morgan fingerprint density at radius 1 is 0.957 bits per heavy atom. The maximum atomic E-state index is 13.6. The van der Waals surface area contributed by atoms with E-state index in [0.29, 0.717) is 6.54 Å². The van der Waals surface area contributed by atoms with Crippen LogP contribution in [0.15, 0.2) is 85.2 Å². The van der Waals surface area contributed by atoms with E-state index in [0.717, 1.165) is 74.0 Å². The molecule has 3 N–H and O–H groups in total. The van der Waals surface area contributed by atoms with E-state index in [1.165, 1.54) is 7.11 Å². The minimum atomic E-state index is -0.675. The second-order valence-corrected chi connectivity index (χ2v) is 12.0. The molecule has 2 unspecified atom stereocenters. The predicted molar refractivity (Wildman–Crippen MR) is 180 cm³/mol. The van der Waals surface area contributed by atoms with Gasteiger partial charge in [0, 0.05) is 12.2 Å². The van der Waals surface area contributed by atoms with Crippen LogP contribution in [0.4, 0.5) is 16.3 Å². The van der Waals surface area contributed by atoms with Crippen LogP contribution in [0, 0.1) is 5.92 Å². The summed E-state index contributed by atoms with van der Waals surface area (Å²) in [5, 5.41) is 9.29. The van der Waals surface area contributed by atoms with Crippen LogP contribution in [-0.2, 0) is 9.53 Å². The Kier molecular flexibility index (Phi) is 7.69. The number of alkyl carbamates (subject to hydrolysis) is 1. The quantitative estimate of drug-likeness (QED) is 0.164. The Bertz CT molecular complexity index is 2080. The number of fused-ring (bicyclic) bond motifs is 4. The second-order valence-electron chi connectivity index (χ2n) is 12.0. The van der Waals surface area contributed by atoms with Crippen molar-refractivity contribution in [2.45, 2.75) is 38.8 Å². The fraction of sp³-hybridized carbons (Fsp3) is 0.250. The number of rotatable bonds is 7. The number of para-hydroxylation sites is 1. The molecule has 10 heteroatoms. The number of anilines is 2. The SMILES string of the molecule is COC(=O)NC(C(=O)N1CCCC1c1nc2ccc(-c3ccc4c(ccc5ncnc(Nc6ccccc6)c54)c3)cc2[nH]1)C(C)C. The molecule has 1 saturated heterocycles. The molecule has 1 aliphatic heterocycles. The number of amides is 2. The molecule has 0 spiro atoms. The number of ether oxygens (including phenoxy) is 1. The van der Waals surface area contributed by atoms with Crippen molar-refractivity contribution in [3.05, 3.63) is 91.0 Å². The largest absolute Gasteiger partial charge is 0.453 e. The van der Waals surface area contributed by atoms with Crippen molar-refractivity contribution in [3.63, 3.8) is 0 Å². The lowest BCUT2D eigenvalue weighted by Crippen LogP contribution is -2.51. The first-order valence-corrected chi connectivity index (χ1v) is 15.5. The highest BCUT2D eigenvalue weighted by atomic mass is 16.5. The number of hydrogen-bond acceptors (Lipinski definition) is 7. The summed E-state index contributed by atoms with van der Waals surface area (Å²) in [5.74, 6) is 1.30. The summed E-state index contributed by atoms with van der Waals surface area (Å²) in [7, 11) is 1.30. The summed E-state index contributed by atoms with van der Waals surface area (Å²) in [4.78, 5) is 44.8. The van der Waals surface area contributed by atoms with Crippen molar-refractivity contribution in [3.8, 4) is 11.1 Å². The van der Waals surface area contributed by atoms with Gasteiger partial charge in [0.1, 0.15) is 24.0 Å². The third-order valence-corrected chi connectivity index (χ3v) is 8.73. The first kappa shape index (κ1) is 29.2. The molecular weight excluding hydrogens is 578 g/mol. The molecule has 2 atom stereocenters. The Labute approximate surface area is 266 Å². The van der Waals surface area contributed by atoms with Gasteiger partial charge in [0.2, 0.25) is 5.91 Å².